The molecule has 0 aliphatic rings. The van der Waals surface area contributed by atoms with Gasteiger partial charge < -0.3 is 0 Å². The molecule has 0 N–H and O–H groups in total. The Kier molecular flexibility index (Phi) is 2.41. The molecule has 0 saturated carbocycles. The van der Waals surface area contributed by atoms with Crippen LogP contribution in [0.4, 0.5) is 15.8 Å². The third-order valence-electron chi connectivity index (χ3n) is 1.31. The van der Waals surface area contributed by atoms with Gasteiger partial charge in [0, 0.05) is 11.0 Å². The maximum absolute atomic E-state index is 13.0. The summed E-state index contributed by atoms with van der Waals surface area (Å²) in [5.41, 5.74) is 6.91. The highest BCUT2D eigenvalue weighted by Crippen LogP contribution is 2.26. The maximum atomic E-state index is 13.0. The minimum atomic E-state index is -1.12. The van der Waals surface area contributed by atoms with Crippen molar-refractivity contribution in [3.8, 4) is 0 Å². The monoisotopic (exact) mass is 182 g/mol. The molecule has 1 aromatic carbocycles. The van der Waals surface area contributed by atoms with E-state index < -0.39 is 16.4 Å². The van der Waals surface area contributed by atoms with Crippen LogP contribution in [-0.4, -0.2) is 4.92 Å². The van der Waals surface area contributed by atoms with Crippen LogP contribution >= 0.6 is 0 Å². The summed E-state index contributed by atoms with van der Waals surface area (Å²) in [5, 5.41) is 13.2. The van der Waals surface area contributed by atoms with Crippen LogP contribution in [-0.2, 0) is 0 Å². The first-order valence-corrected chi connectivity index (χ1v) is 3.15. The summed E-state index contributed by atoms with van der Waals surface area (Å²) in [6.07, 6.45) is 0. The second-order valence-corrected chi connectivity index (χ2v) is 2.06. The van der Waals surface area contributed by atoms with E-state index in [-0.39, 0.29) is 5.69 Å². The first-order valence-electron chi connectivity index (χ1n) is 3.15. The molecule has 0 fully saturated rings. The molecule has 0 spiro atoms. The van der Waals surface area contributed by atoms with Gasteiger partial charge in [0.1, 0.15) is 0 Å². The maximum Gasteiger partial charge on any atom is 0.305 e. The SMILES string of the molecule is [N-]=[N+]=Nc1cccc([N+](=O)[O-])c1F. The van der Waals surface area contributed by atoms with Crippen LogP contribution in [0, 0.1) is 15.9 Å². The number of nitro benzene ring substituents is 1. The molecule has 0 radical (unpaired) electrons. The molecular formula is C6H3FN4O2. The van der Waals surface area contributed by atoms with Crippen molar-refractivity contribution in [2.75, 3.05) is 0 Å². The largest absolute Gasteiger partial charge is 0.305 e. The topological polar surface area (TPSA) is 91.9 Å². The Morgan fingerprint density at radius 3 is 2.85 bits per heavy atom. The lowest BCUT2D eigenvalue weighted by Gasteiger charge is -1.95. The van der Waals surface area contributed by atoms with Crippen molar-refractivity contribution < 1.29 is 9.31 Å². The molecule has 66 valence electrons. The van der Waals surface area contributed by atoms with E-state index in [0.717, 1.165) is 12.1 Å². The lowest BCUT2D eigenvalue weighted by Crippen LogP contribution is -1.91. The number of hydrogen-bond acceptors (Lipinski definition) is 3. The van der Waals surface area contributed by atoms with E-state index in [2.05, 4.69) is 10.0 Å². The molecule has 1 aromatic rings. The summed E-state index contributed by atoms with van der Waals surface area (Å²) >= 11 is 0. The first kappa shape index (κ1) is 8.95. The highest BCUT2D eigenvalue weighted by molar-refractivity contribution is 5.48. The van der Waals surface area contributed by atoms with Gasteiger partial charge in [0.2, 0.25) is 5.82 Å². The van der Waals surface area contributed by atoms with Gasteiger partial charge in [-0.2, -0.15) is 4.39 Å². The number of nitro groups is 1. The van der Waals surface area contributed by atoms with E-state index in [4.69, 9.17) is 5.53 Å². The summed E-state index contributed by atoms with van der Waals surface area (Å²) in [6.45, 7) is 0. The van der Waals surface area contributed by atoms with Gasteiger partial charge in [0.15, 0.2) is 0 Å². The Morgan fingerprint density at radius 1 is 1.62 bits per heavy atom. The standard InChI is InChI=1S/C6H3FN4O2/c7-6-4(9-10-8)2-1-3-5(6)11(12)13/h1-3H. The third-order valence-corrected chi connectivity index (χ3v) is 1.31. The Morgan fingerprint density at radius 2 is 2.31 bits per heavy atom. The summed E-state index contributed by atoms with van der Waals surface area (Å²) in [4.78, 5) is 11.7. The van der Waals surface area contributed by atoms with E-state index in [1.54, 1.807) is 0 Å². The van der Waals surface area contributed by atoms with Gasteiger partial charge in [-0.25, -0.2) is 0 Å². The van der Waals surface area contributed by atoms with Crippen LogP contribution in [0.2, 0.25) is 0 Å². The summed E-state index contributed by atoms with van der Waals surface area (Å²) in [6, 6.07) is 3.39. The van der Waals surface area contributed by atoms with Crippen molar-refractivity contribution in [1.29, 1.82) is 0 Å². The highest BCUT2D eigenvalue weighted by Gasteiger charge is 2.15. The Balaban J connectivity index is 3.34. The quantitative estimate of drug-likeness (QED) is 0.231. The van der Waals surface area contributed by atoms with Gasteiger partial charge >= 0.3 is 5.69 Å². The molecule has 0 aliphatic heterocycles. The van der Waals surface area contributed by atoms with Crippen molar-refractivity contribution >= 4 is 11.4 Å². The molecule has 6 nitrogen and oxygen atoms in total. The van der Waals surface area contributed by atoms with Crippen LogP contribution in [0.15, 0.2) is 23.3 Å². The normalized spacial score (nSPS) is 9.00. The summed E-state index contributed by atoms with van der Waals surface area (Å²) in [5.74, 6) is -1.12. The first-order chi connectivity index (χ1) is 6.16. The van der Waals surface area contributed by atoms with Gasteiger partial charge in [-0.3, -0.25) is 10.1 Å². The zero-order chi connectivity index (χ0) is 9.84. The number of benzene rings is 1. The molecule has 0 unspecified atom stereocenters. The molecule has 0 atom stereocenters. The van der Waals surface area contributed by atoms with Crippen LogP contribution in [0.5, 0.6) is 0 Å². The smallest absolute Gasteiger partial charge is 0.258 e. The second-order valence-electron chi connectivity index (χ2n) is 2.06. The van der Waals surface area contributed by atoms with E-state index in [1.165, 1.54) is 6.07 Å². The molecular weight excluding hydrogens is 179 g/mol. The van der Waals surface area contributed by atoms with E-state index in [0.29, 0.717) is 0 Å². The minimum absolute atomic E-state index is 0.378. The molecule has 7 heteroatoms. The second kappa shape index (κ2) is 3.51. The Labute approximate surface area is 71.4 Å². The number of halogens is 1. The van der Waals surface area contributed by atoms with Gasteiger partial charge in [-0.15, -0.1) is 0 Å². The lowest BCUT2D eigenvalue weighted by molar-refractivity contribution is -0.387. The molecule has 13 heavy (non-hydrogen) atoms. The van der Waals surface area contributed by atoms with Crippen molar-refractivity contribution in [2.45, 2.75) is 0 Å². The molecule has 0 aliphatic carbocycles. The number of rotatable bonds is 2. The number of nitrogens with zero attached hydrogens (tertiary/aromatic N) is 4. The molecule has 0 saturated heterocycles. The van der Waals surface area contributed by atoms with E-state index in [9.17, 15) is 14.5 Å². The predicted octanol–water partition coefficient (Wildman–Crippen LogP) is 2.68. The zero-order valence-corrected chi connectivity index (χ0v) is 6.22. The van der Waals surface area contributed by atoms with E-state index in [1.807, 2.05) is 0 Å². The molecule has 0 heterocycles. The predicted molar refractivity (Wildman–Crippen MR) is 41.9 cm³/mol. The number of hydrogen-bond donors (Lipinski definition) is 0. The molecule has 1 rings (SSSR count). The Bertz CT molecular complexity index is 379. The molecule has 0 bridgehead atoms. The highest BCUT2D eigenvalue weighted by atomic mass is 19.1. The fourth-order valence-corrected chi connectivity index (χ4v) is 0.774. The van der Waals surface area contributed by atoms with Gasteiger partial charge in [-0.1, -0.05) is 11.2 Å². The third kappa shape index (κ3) is 1.71. The van der Waals surface area contributed by atoms with E-state index >= 15 is 0 Å². The van der Waals surface area contributed by atoms with Crippen LogP contribution in [0.3, 0.4) is 0 Å². The molecule has 0 amide bonds. The van der Waals surface area contributed by atoms with Crippen LogP contribution in [0.1, 0.15) is 0 Å². The van der Waals surface area contributed by atoms with Crippen LogP contribution < -0.4 is 0 Å². The zero-order valence-electron chi connectivity index (χ0n) is 6.22. The van der Waals surface area contributed by atoms with Gasteiger partial charge in [0.25, 0.3) is 0 Å². The average molecular weight is 182 g/mol. The van der Waals surface area contributed by atoms with Gasteiger partial charge in [-0.05, 0) is 11.6 Å². The number of azide groups is 1. The summed E-state index contributed by atoms with van der Waals surface area (Å²) < 4.78 is 13.0. The van der Waals surface area contributed by atoms with Crippen LogP contribution in [0.25, 0.3) is 10.4 Å². The van der Waals surface area contributed by atoms with Crippen molar-refractivity contribution in [1.82, 2.24) is 0 Å². The fourth-order valence-electron chi connectivity index (χ4n) is 0.774. The van der Waals surface area contributed by atoms with Gasteiger partial charge in [0.05, 0.1) is 10.6 Å². The fraction of sp³-hybridized carbons (Fsp3) is 0. The molecule has 0 aromatic heterocycles. The Hall–Kier alpha value is -2.14. The summed E-state index contributed by atoms with van der Waals surface area (Å²) in [7, 11) is 0. The lowest BCUT2D eigenvalue weighted by atomic mass is 10.3. The van der Waals surface area contributed by atoms with Crippen molar-refractivity contribution in [2.24, 2.45) is 5.11 Å². The minimum Gasteiger partial charge on any atom is -0.258 e. The average Bonchev–Trinajstić information content (AvgIpc) is 2.08. The van der Waals surface area contributed by atoms with Crippen molar-refractivity contribution in [3.05, 3.63) is 44.6 Å². The van der Waals surface area contributed by atoms with Crippen molar-refractivity contribution in [3.63, 3.8) is 0 Å².